The number of hydrogen-bond acceptors (Lipinski definition) is 6. The number of hydrogen-bond donors (Lipinski definition) is 3. The van der Waals surface area contributed by atoms with Crippen LogP contribution < -0.4 is 5.43 Å². The van der Waals surface area contributed by atoms with Gasteiger partial charge in [-0.25, -0.2) is 4.79 Å². The fourth-order valence-electron chi connectivity index (χ4n) is 3.50. The minimum absolute atomic E-state index is 0.155. The van der Waals surface area contributed by atoms with Gasteiger partial charge in [0.15, 0.2) is 11.3 Å². The normalized spacial score (nSPS) is 18.8. The van der Waals surface area contributed by atoms with Gasteiger partial charge in [0.25, 0.3) is 0 Å². The van der Waals surface area contributed by atoms with Gasteiger partial charge in [0.05, 0.1) is 5.69 Å². The molecule has 0 bridgehead atoms. The molecule has 32 heavy (non-hydrogen) atoms. The number of nitrogens with one attached hydrogen (secondary N) is 1. The molecule has 0 radical (unpaired) electrons. The van der Waals surface area contributed by atoms with Crippen LogP contribution in [0.4, 0.5) is 5.69 Å². The van der Waals surface area contributed by atoms with E-state index in [0.29, 0.717) is 16.8 Å². The van der Waals surface area contributed by atoms with Crippen molar-refractivity contribution in [2.24, 2.45) is 15.3 Å². The molecule has 160 valence electrons. The highest BCUT2D eigenvalue weighted by atomic mass is 16.4. The zero-order chi connectivity index (χ0) is 22.9. The van der Waals surface area contributed by atoms with Crippen molar-refractivity contribution in [1.29, 1.82) is 0 Å². The van der Waals surface area contributed by atoms with E-state index in [1.165, 1.54) is 6.07 Å². The van der Waals surface area contributed by atoms with Crippen LogP contribution in [-0.2, 0) is 10.3 Å². The molecule has 1 unspecified atom stereocenters. The molecule has 1 amide bonds. The first kappa shape index (κ1) is 20.9. The van der Waals surface area contributed by atoms with Crippen LogP contribution in [-0.4, -0.2) is 27.8 Å². The Hall–Kier alpha value is -4.33. The lowest BCUT2D eigenvalue weighted by Gasteiger charge is -2.20. The van der Waals surface area contributed by atoms with Gasteiger partial charge in [0.2, 0.25) is 0 Å². The number of anilines is 1. The summed E-state index contributed by atoms with van der Waals surface area (Å²) in [6, 6.07) is 19.1. The number of carbonyl (C=O) groups is 2. The lowest BCUT2D eigenvalue weighted by molar-refractivity contribution is -0.111. The molecule has 1 aliphatic rings. The lowest BCUT2D eigenvalue weighted by atomic mass is 9.88. The van der Waals surface area contributed by atoms with Gasteiger partial charge in [-0.15, -0.1) is 5.11 Å². The molecule has 3 aromatic carbocycles. The third kappa shape index (κ3) is 3.74. The molecule has 0 aromatic heterocycles. The molecule has 8 heteroatoms. The van der Waals surface area contributed by atoms with Gasteiger partial charge >= 0.3 is 11.9 Å². The Kier molecular flexibility index (Phi) is 5.28. The average Bonchev–Trinajstić information content (AvgIpc) is 3.07. The Bertz CT molecular complexity index is 1280. The summed E-state index contributed by atoms with van der Waals surface area (Å²) in [4.78, 5) is 23.7. The lowest BCUT2D eigenvalue weighted by Crippen LogP contribution is -2.31. The highest BCUT2D eigenvalue weighted by molar-refractivity contribution is 6.43. The summed E-state index contributed by atoms with van der Waals surface area (Å²) in [5, 5.41) is 31.8. The maximum absolute atomic E-state index is 12.4. The van der Waals surface area contributed by atoms with Crippen molar-refractivity contribution < 1.29 is 19.8 Å². The standard InChI is InChI=1S/C24H20N4O4/c1-14-9-11-16(12-10-14)24(2)21(22(30)27-28-24)26-25-17-6-3-5-15(13-17)18-7-4-8-19(20(18)29)23(31)32/h3-13,25,29H,1-2H3,(H,31,32). The predicted octanol–water partition coefficient (Wildman–Crippen LogP) is 4.74. The van der Waals surface area contributed by atoms with Crippen molar-refractivity contribution in [3.63, 3.8) is 0 Å². The molecule has 0 fully saturated rings. The van der Waals surface area contributed by atoms with Crippen molar-refractivity contribution in [2.75, 3.05) is 5.43 Å². The van der Waals surface area contributed by atoms with Gasteiger partial charge in [0.1, 0.15) is 11.3 Å². The van der Waals surface area contributed by atoms with Crippen molar-refractivity contribution in [2.45, 2.75) is 19.4 Å². The molecule has 8 nitrogen and oxygen atoms in total. The van der Waals surface area contributed by atoms with E-state index in [9.17, 15) is 19.8 Å². The number of para-hydroxylation sites is 1. The number of aryl methyl sites for hydroxylation is 1. The van der Waals surface area contributed by atoms with Gasteiger partial charge in [-0.3, -0.25) is 10.2 Å². The average molecular weight is 428 g/mol. The molecular weight excluding hydrogens is 408 g/mol. The van der Waals surface area contributed by atoms with Crippen LogP contribution in [0.1, 0.15) is 28.4 Å². The number of phenols is 1. The molecule has 3 N–H and O–H groups in total. The van der Waals surface area contributed by atoms with Gasteiger partial charge in [-0.05, 0) is 43.2 Å². The molecule has 1 aliphatic heterocycles. The van der Waals surface area contributed by atoms with E-state index >= 15 is 0 Å². The Balaban J connectivity index is 1.66. The van der Waals surface area contributed by atoms with Crippen LogP contribution in [0.2, 0.25) is 0 Å². The van der Waals surface area contributed by atoms with Gasteiger partial charge < -0.3 is 10.2 Å². The predicted molar refractivity (Wildman–Crippen MR) is 120 cm³/mol. The minimum atomic E-state index is -1.22. The second kappa shape index (κ2) is 8.07. The summed E-state index contributed by atoms with van der Waals surface area (Å²) in [6.45, 7) is 3.75. The Morgan fingerprint density at radius 1 is 1.06 bits per heavy atom. The molecule has 1 atom stereocenters. The number of carboxylic acids is 1. The zero-order valence-corrected chi connectivity index (χ0v) is 17.4. The van der Waals surface area contributed by atoms with Gasteiger partial charge in [0, 0.05) is 5.56 Å². The first-order valence-electron chi connectivity index (χ1n) is 9.84. The number of azo groups is 1. The monoisotopic (exact) mass is 428 g/mol. The molecule has 4 rings (SSSR count). The number of amides is 1. The van der Waals surface area contributed by atoms with E-state index in [1.54, 1.807) is 43.3 Å². The molecular formula is C24H20N4O4. The second-order valence-electron chi connectivity index (χ2n) is 7.60. The van der Waals surface area contributed by atoms with Gasteiger partial charge in [-0.1, -0.05) is 54.1 Å². The van der Waals surface area contributed by atoms with Crippen molar-refractivity contribution in [1.82, 2.24) is 0 Å². The molecule has 3 aromatic rings. The van der Waals surface area contributed by atoms with E-state index in [-0.39, 0.29) is 17.0 Å². The molecule has 0 saturated heterocycles. The van der Waals surface area contributed by atoms with Crippen LogP contribution >= 0.6 is 0 Å². The van der Waals surface area contributed by atoms with Crippen LogP contribution in [0, 0.1) is 6.92 Å². The minimum Gasteiger partial charge on any atom is -0.506 e. The van der Waals surface area contributed by atoms with E-state index in [2.05, 4.69) is 20.8 Å². The number of carbonyl (C=O) groups excluding carboxylic acids is 1. The largest absolute Gasteiger partial charge is 0.506 e. The number of aromatic carboxylic acids is 1. The molecule has 1 heterocycles. The highest BCUT2D eigenvalue weighted by Gasteiger charge is 2.42. The molecule has 0 spiro atoms. The summed E-state index contributed by atoms with van der Waals surface area (Å²) < 4.78 is 0. The third-order valence-corrected chi connectivity index (χ3v) is 5.35. The molecule has 0 saturated carbocycles. The van der Waals surface area contributed by atoms with Crippen LogP contribution in [0.15, 0.2) is 82.1 Å². The summed E-state index contributed by atoms with van der Waals surface area (Å²) in [5.74, 6) is -2.06. The van der Waals surface area contributed by atoms with E-state index in [4.69, 9.17) is 0 Å². The number of nitrogens with zero attached hydrogens (tertiary/aromatic N) is 3. The third-order valence-electron chi connectivity index (χ3n) is 5.35. The van der Waals surface area contributed by atoms with Crippen LogP contribution in [0.25, 0.3) is 11.1 Å². The number of benzene rings is 3. The van der Waals surface area contributed by atoms with Crippen molar-refractivity contribution >= 4 is 23.3 Å². The number of carboxylic acid groups (broad SMARTS) is 1. The second-order valence-corrected chi connectivity index (χ2v) is 7.60. The fourth-order valence-corrected chi connectivity index (χ4v) is 3.50. The highest BCUT2D eigenvalue weighted by Crippen LogP contribution is 2.35. The van der Waals surface area contributed by atoms with Crippen LogP contribution in [0.5, 0.6) is 5.75 Å². The number of hydrazone groups is 1. The Morgan fingerprint density at radius 3 is 2.50 bits per heavy atom. The summed E-state index contributed by atoms with van der Waals surface area (Å²) >= 11 is 0. The summed E-state index contributed by atoms with van der Waals surface area (Å²) in [5.41, 5.74) is 5.21. The molecule has 0 aliphatic carbocycles. The quantitative estimate of drug-likeness (QED) is 0.506. The van der Waals surface area contributed by atoms with E-state index in [0.717, 1.165) is 11.1 Å². The SMILES string of the molecule is Cc1ccc(C2(C)N=NC(=O)C2=NNc2cccc(-c3cccc(C(=O)O)c3O)c2)cc1. The van der Waals surface area contributed by atoms with E-state index in [1.807, 2.05) is 31.2 Å². The summed E-state index contributed by atoms with van der Waals surface area (Å²) in [6.07, 6.45) is 0. The fraction of sp³-hybridized carbons (Fsp3) is 0.125. The van der Waals surface area contributed by atoms with Gasteiger partial charge in [-0.2, -0.15) is 10.2 Å². The topological polar surface area (TPSA) is 124 Å². The first-order chi connectivity index (χ1) is 15.3. The number of rotatable bonds is 5. The first-order valence-corrected chi connectivity index (χ1v) is 9.84. The van der Waals surface area contributed by atoms with Crippen molar-refractivity contribution in [3.05, 3.63) is 83.4 Å². The number of aromatic hydroxyl groups is 1. The van der Waals surface area contributed by atoms with E-state index < -0.39 is 17.4 Å². The maximum atomic E-state index is 12.4. The van der Waals surface area contributed by atoms with Crippen molar-refractivity contribution in [3.8, 4) is 16.9 Å². The Morgan fingerprint density at radius 2 is 1.78 bits per heavy atom. The zero-order valence-electron chi connectivity index (χ0n) is 17.4. The summed E-state index contributed by atoms with van der Waals surface area (Å²) in [7, 11) is 0. The van der Waals surface area contributed by atoms with Crippen LogP contribution in [0.3, 0.4) is 0 Å². The maximum Gasteiger partial charge on any atom is 0.339 e. The Labute approximate surface area is 184 Å². The smallest absolute Gasteiger partial charge is 0.339 e.